The molecular weight excluding hydrogens is 338 g/mol. The normalized spacial score (nSPS) is 11.5. The van der Waals surface area contributed by atoms with Crippen molar-refractivity contribution >= 4 is 17.4 Å². The Balaban J connectivity index is 1.59. The van der Waals surface area contributed by atoms with Gasteiger partial charge in [0, 0.05) is 14.1 Å². The minimum atomic E-state index is -0.624. The fourth-order valence-electron chi connectivity index (χ4n) is 2.58. The number of aromatic nitrogens is 1. The van der Waals surface area contributed by atoms with E-state index in [1.807, 2.05) is 73.6 Å². The average Bonchev–Trinajstić information content (AvgIpc) is 2.69. The molecular formula is C22H23N3O2. The van der Waals surface area contributed by atoms with Crippen molar-refractivity contribution in [1.29, 1.82) is 0 Å². The molecule has 3 aromatic rings. The molecule has 1 amide bonds. The van der Waals surface area contributed by atoms with Crippen LogP contribution in [0.15, 0.2) is 72.9 Å². The summed E-state index contributed by atoms with van der Waals surface area (Å²) in [5.41, 5.74) is 2.89. The van der Waals surface area contributed by atoms with Gasteiger partial charge in [0.05, 0.1) is 11.9 Å². The number of benzene rings is 2. The first-order chi connectivity index (χ1) is 13.0. The number of pyridine rings is 1. The number of amides is 1. The number of nitrogens with one attached hydrogen (secondary N) is 1. The van der Waals surface area contributed by atoms with Crippen LogP contribution >= 0.6 is 0 Å². The predicted octanol–water partition coefficient (Wildman–Crippen LogP) is 4.22. The van der Waals surface area contributed by atoms with Gasteiger partial charge in [-0.15, -0.1) is 0 Å². The zero-order valence-corrected chi connectivity index (χ0v) is 15.7. The van der Waals surface area contributed by atoms with Crippen molar-refractivity contribution in [3.63, 3.8) is 0 Å². The molecule has 0 saturated heterocycles. The standard InChI is InChI=1S/C22H23N3O2/c1-16(22(26)24-19-11-14-21(23-15-19)25(2)3)27-20-12-9-18(10-13-20)17-7-5-4-6-8-17/h4-16H,1-3H3,(H,24,26)/t16-/m0/s1. The Morgan fingerprint density at radius 1 is 0.963 bits per heavy atom. The summed E-state index contributed by atoms with van der Waals surface area (Å²) in [6.07, 6.45) is 1.01. The maximum Gasteiger partial charge on any atom is 0.265 e. The third kappa shape index (κ3) is 4.85. The molecule has 5 heteroatoms. The Bertz CT molecular complexity index is 876. The molecule has 1 heterocycles. The summed E-state index contributed by atoms with van der Waals surface area (Å²) in [6, 6.07) is 21.5. The van der Waals surface area contributed by atoms with E-state index in [1.54, 1.807) is 13.1 Å². The van der Waals surface area contributed by atoms with E-state index in [1.165, 1.54) is 0 Å². The molecule has 0 aliphatic heterocycles. The first-order valence-corrected chi connectivity index (χ1v) is 8.79. The van der Waals surface area contributed by atoms with Gasteiger partial charge in [-0.1, -0.05) is 42.5 Å². The number of nitrogens with zero attached hydrogens (tertiary/aromatic N) is 2. The molecule has 1 aromatic heterocycles. The van der Waals surface area contributed by atoms with E-state index in [0.717, 1.165) is 16.9 Å². The van der Waals surface area contributed by atoms with Crippen LogP contribution < -0.4 is 15.0 Å². The van der Waals surface area contributed by atoms with E-state index in [0.29, 0.717) is 11.4 Å². The molecule has 0 radical (unpaired) electrons. The van der Waals surface area contributed by atoms with E-state index in [2.05, 4.69) is 22.4 Å². The van der Waals surface area contributed by atoms with Crippen molar-refractivity contribution < 1.29 is 9.53 Å². The Kier molecular flexibility index (Phi) is 5.71. The lowest BCUT2D eigenvalue weighted by Crippen LogP contribution is -2.30. The molecule has 1 atom stereocenters. The lowest BCUT2D eigenvalue weighted by molar-refractivity contribution is -0.122. The molecule has 138 valence electrons. The lowest BCUT2D eigenvalue weighted by atomic mass is 10.1. The predicted molar refractivity (Wildman–Crippen MR) is 109 cm³/mol. The van der Waals surface area contributed by atoms with E-state index in [4.69, 9.17) is 4.74 Å². The van der Waals surface area contributed by atoms with E-state index in [-0.39, 0.29) is 5.91 Å². The van der Waals surface area contributed by atoms with Gasteiger partial charge in [-0.3, -0.25) is 4.79 Å². The Morgan fingerprint density at radius 3 is 2.22 bits per heavy atom. The van der Waals surface area contributed by atoms with Crippen molar-refractivity contribution in [3.05, 3.63) is 72.9 Å². The average molecular weight is 361 g/mol. The van der Waals surface area contributed by atoms with Crippen LogP contribution in [0.25, 0.3) is 11.1 Å². The molecule has 0 saturated carbocycles. The number of carbonyl (C=O) groups is 1. The largest absolute Gasteiger partial charge is 0.481 e. The Labute approximate surface area is 159 Å². The first kappa shape index (κ1) is 18.5. The van der Waals surface area contributed by atoms with Crippen molar-refractivity contribution in [3.8, 4) is 16.9 Å². The van der Waals surface area contributed by atoms with Crippen molar-refractivity contribution in [2.45, 2.75) is 13.0 Å². The molecule has 0 bridgehead atoms. The molecule has 0 spiro atoms. The molecule has 1 N–H and O–H groups in total. The van der Waals surface area contributed by atoms with Gasteiger partial charge in [0.25, 0.3) is 5.91 Å². The molecule has 2 aromatic carbocycles. The van der Waals surface area contributed by atoms with Gasteiger partial charge in [-0.2, -0.15) is 0 Å². The number of ether oxygens (including phenoxy) is 1. The van der Waals surface area contributed by atoms with Crippen LogP contribution in [0.4, 0.5) is 11.5 Å². The quantitative estimate of drug-likeness (QED) is 0.714. The summed E-state index contributed by atoms with van der Waals surface area (Å²) >= 11 is 0. The van der Waals surface area contributed by atoms with Gasteiger partial charge < -0.3 is 15.0 Å². The van der Waals surface area contributed by atoms with Crippen molar-refractivity contribution in [2.75, 3.05) is 24.3 Å². The second kappa shape index (κ2) is 8.36. The fourth-order valence-corrected chi connectivity index (χ4v) is 2.58. The fraction of sp³-hybridized carbons (Fsp3) is 0.182. The molecule has 0 aliphatic rings. The molecule has 0 fully saturated rings. The lowest BCUT2D eigenvalue weighted by Gasteiger charge is -2.16. The second-order valence-electron chi connectivity index (χ2n) is 6.44. The van der Waals surface area contributed by atoms with Crippen LogP contribution in [0.3, 0.4) is 0 Å². The first-order valence-electron chi connectivity index (χ1n) is 8.79. The monoisotopic (exact) mass is 361 g/mol. The molecule has 3 rings (SSSR count). The van der Waals surface area contributed by atoms with Gasteiger partial charge in [0.15, 0.2) is 6.10 Å². The maximum atomic E-state index is 12.3. The highest BCUT2D eigenvalue weighted by Crippen LogP contribution is 2.23. The summed E-state index contributed by atoms with van der Waals surface area (Å²) in [5.74, 6) is 1.26. The van der Waals surface area contributed by atoms with Crippen LogP contribution in [-0.4, -0.2) is 31.1 Å². The van der Waals surface area contributed by atoms with Crippen LogP contribution in [0.5, 0.6) is 5.75 Å². The van der Waals surface area contributed by atoms with Crippen molar-refractivity contribution in [1.82, 2.24) is 4.98 Å². The topological polar surface area (TPSA) is 54.5 Å². The van der Waals surface area contributed by atoms with Crippen LogP contribution in [-0.2, 0) is 4.79 Å². The van der Waals surface area contributed by atoms with E-state index >= 15 is 0 Å². The Morgan fingerprint density at radius 2 is 1.63 bits per heavy atom. The van der Waals surface area contributed by atoms with Crippen LogP contribution in [0.2, 0.25) is 0 Å². The molecule has 0 unspecified atom stereocenters. The zero-order valence-electron chi connectivity index (χ0n) is 15.7. The highest BCUT2D eigenvalue weighted by Gasteiger charge is 2.15. The van der Waals surface area contributed by atoms with Crippen LogP contribution in [0.1, 0.15) is 6.92 Å². The number of anilines is 2. The number of carbonyl (C=O) groups excluding carboxylic acids is 1. The SMILES string of the molecule is C[C@H](Oc1ccc(-c2ccccc2)cc1)C(=O)Nc1ccc(N(C)C)nc1. The van der Waals surface area contributed by atoms with E-state index < -0.39 is 6.10 Å². The van der Waals surface area contributed by atoms with Gasteiger partial charge in [0.1, 0.15) is 11.6 Å². The van der Waals surface area contributed by atoms with Crippen LogP contribution in [0, 0.1) is 0 Å². The third-order valence-electron chi connectivity index (χ3n) is 4.12. The minimum Gasteiger partial charge on any atom is -0.481 e. The summed E-state index contributed by atoms with van der Waals surface area (Å²) in [5, 5.41) is 2.82. The van der Waals surface area contributed by atoms with Gasteiger partial charge >= 0.3 is 0 Å². The number of hydrogen-bond donors (Lipinski definition) is 1. The minimum absolute atomic E-state index is 0.221. The Hall–Kier alpha value is -3.34. The van der Waals surface area contributed by atoms with E-state index in [9.17, 15) is 4.79 Å². The highest BCUT2D eigenvalue weighted by molar-refractivity contribution is 5.94. The number of rotatable bonds is 6. The van der Waals surface area contributed by atoms with Crippen molar-refractivity contribution in [2.24, 2.45) is 0 Å². The summed E-state index contributed by atoms with van der Waals surface area (Å²) in [4.78, 5) is 18.5. The molecule has 5 nitrogen and oxygen atoms in total. The van der Waals surface area contributed by atoms with Gasteiger partial charge in [-0.25, -0.2) is 4.98 Å². The van der Waals surface area contributed by atoms with Gasteiger partial charge in [0.2, 0.25) is 0 Å². The third-order valence-corrected chi connectivity index (χ3v) is 4.12. The smallest absolute Gasteiger partial charge is 0.265 e. The summed E-state index contributed by atoms with van der Waals surface area (Å²) < 4.78 is 5.76. The summed E-state index contributed by atoms with van der Waals surface area (Å²) in [6.45, 7) is 1.72. The summed E-state index contributed by atoms with van der Waals surface area (Å²) in [7, 11) is 3.83. The molecule has 27 heavy (non-hydrogen) atoms. The number of hydrogen-bond acceptors (Lipinski definition) is 4. The van der Waals surface area contributed by atoms with Gasteiger partial charge in [-0.05, 0) is 42.3 Å². The maximum absolute atomic E-state index is 12.3. The molecule has 0 aliphatic carbocycles. The highest BCUT2D eigenvalue weighted by atomic mass is 16.5. The zero-order chi connectivity index (χ0) is 19.2. The second-order valence-corrected chi connectivity index (χ2v) is 6.44.